The second kappa shape index (κ2) is 6.40. The van der Waals surface area contributed by atoms with Gasteiger partial charge in [-0.2, -0.15) is 0 Å². The Morgan fingerprint density at radius 3 is 2.83 bits per heavy atom. The maximum Gasteiger partial charge on any atom is 0.191 e. The Bertz CT molecular complexity index is 431. The highest BCUT2D eigenvalue weighted by Gasteiger charge is 2.11. The molecule has 2 N–H and O–H groups in total. The van der Waals surface area contributed by atoms with Gasteiger partial charge in [0.25, 0.3) is 0 Å². The van der Waals surface area contributed by atoms with Gasteiger partial charge in [0.1, 0.15) is 5.15 Å². The van der Waals surface area contributed by atoms with Crippen molar-refractivity contribution in [1.29, 1.82) is 0 Å². The number of hydrogen-bond acceptors (Lipinski definition) is 2. The van der Waals surface area contributed by atoms with Crippen molar-refractivity contribution in [1.82, 2.24) is 15.6 Å². The quantitative estimate of drug-likeness (QED) is 0.381. The van der Waals surface area contributed by atoms with Gasteiger partial charge in [-0.3, -0.25) is 4.99 Å². The van der Waals surface area contributed by atoms with Gasteiger partial charge in [-0.15, -0.1) is 0 Å². The minimum atomic E-state index is 0.458. The number of nitrogens with one attached hydrogen (secondary N) is 2. The maximum absolute atomic E-state index is 5.74. The summed E-state index contributed by atoms with van der Waals surface area (Å²) >= 11 is 5.74. The van der Waals surface area contributed by atoms with Crippen molar-refractivity contribution in [2.75, 3.05) is 7.05 Å². The number of aromatic nitrogens is 1. The fraction of sp³-hybridized carbons (Fsp3) is 0.385. The second-order valence-electron chi connectivity index (χ2n) is 4.20. The summed E-state index contributed by atoms with van der Waals surface area (Å²) in [6, 6.07) is 4.20. The summed E-state index contributed by atoms with van der Waals surface area (Å²) < 4.78 is 0. The van der Waals surface area contributed by atoms with Crippen molar-refractivity contribution >= 4 is 17.6 Å². The average molecular weight is 265 g/mol. The van der Waals surface area contributed by atoms with Gasteiger partial charge in [0.2, 0.25) is 0 Å². The smallest absolute Gasteiger partial charge is 0.191 e. The zero-order chi connectivity index (χ0) is 12.8. The van der Waals surface area contributed by atoms with E-state index < -0.39 is 0 Å². The SMILES string of the molecule is CN=C(NCc1ccc(Cl)nc1)NC1CC=CC1. The fourth-order valence-corrected chi connectivity index (χ4v) is 1.93. The van der Waals surface area contributed by atoms with Crippen LogP contribution >= 0.6 is 11.6 Å². The van der Waals surface area contributed by atoms with Gasteiger partial charge in [-0.1, -0.05) is 29.8 Å². The van der Waals surface area contributed by atoms with E-state index in [4.69, 9.17) is 11.6 Å². The molecule has 0 saturated heterocycles. The largest absolute Gasteiger partial charge is 0.353 e. The molecule has 1 aromatic rings. The van der Waals surface area contributed by atoms with Crippen molar-refractivity contribution < 1.29 is 0 Å². The van der Waals surface area contributed by atoms with Gasteiger partial charge in [-0.05, 0) is 24.5 Å². The first kappa shape index (κ1) is 12.9. The summed E-state index contributed by atoms with van der Waals surface area (Å²) in [6.45, 7) is 0.685. The minimum absolute atomic E-state index is 0.458. The van der Waals surface area contributed by atoms with E-state index in [0.29, 0.717) is 17.7 Å². The third-order valence-corrected chi connectivity index (χ3v) is 3.04. The highest BCUT2D eigenvalue weighted by Crippen LogP contribution is 2.09. The molecule has 18 heavy (non-hydrogen) atoms. The molecule has 96 valence electrons. The molecule has 0 aromatic carbocycles. The molecule has 0 atom stereocenters. The van der Waals surface area contributed by atoms with Crippen LogP contribution in [0.3, 0.4) is 0 Å². The number of nitrogens with zero attached hydrogens (tertiary/aromatic N) is 2. The Balaban J connectivity index is 1.81. The van der Waals surface area contributed by atoms with Gasteiger partial charge >= 0.3 is 0 Å². The van der Waals surface area contributed by atoms with Crippen LogP contribution in [0.25, 0.3) is 0 Å². The molecule has 0 saturated carbocycles. The van der Waals surface area contributed by atoms with Crippen LogP contribution in [0.2, 0.25) is 5.15 Å². The number of aliphatic imine (C=N–C) groups is 1. The van der Waals surface area contributed by atoms with E-state index in [2.05, 4.69) is 32.8 Å². The molecule has 0 aliphatic heterocycles. The Morgan fingerprint density at radius 1 is 1.44 bits per heavy atom. The van der Waals surface area contributed by atoms with E-state index >= 15 is 0 Å². The van der Waals surface area contributed by atoms with E-state index in [0.717, 1.165) is 24.4 Å². The molecule has 0 bridgehead atoms. The molecule has 0 fully saturated rings. The summed E-state index contributed by atoms with van der Waals surface area (Å²) in [4.78, 5) is 8.25. The Hall–Kier alpha value is -1.55. The maximum atomic E-state index is 5.74. The summed E-state index contributed by atoms with van der Waals surface area (Å²) in [5.41, 5.74) is 1.08. The van der Waals surface area contributed by atoms with Crippen LogP contribution in [-0.4, -0.2) is 24.0 Å². The van der Waals surface area contributed by atoms with Gasteiger partial charge in [0, 0.05) is 25.8 Å². The van der Waals surface area contributed by atoms with Crippen molar-refractivity contribution in [3.05, 3.63) is 41.2 Å². The minimum Gasteiger partial charge on any atom is -0.353 e. The lowest BCUT2D eigenvalue weighted by atomic mass is 10.2. The van der Waals surface area contributed by atoms with E-state index in [-0.39, 0.29) is 0 Å². The zero-order valence-corrected chi connectivity index (χ0v) is 11.1. The first-order chi connectivity index (χ1) is 8.78. The highest BCUT2D eigenvalue weighted by atomic mass is 35.5. The summed E-state index contributed by atoms with van der Waals surface area (Å²) in [5, 5.41) is 7.15. The molecular weight excluding hydrogens is 248 g/mol. The molecule has 0 amide bonds. The van der Waals surface area contributed by atoms with Crippen LogP contribution in [0.5, 0.6) is 0 Å². The normalized spacial score (nSPS) is 16.0. The Kier molecular flexibility index (Phi) is 4.59. The lowest BCUT2D eigenvalue weighted by Crippen LogP contribution is -2.42. The van der Waals surface area contributed by atoms with Crippen LogP contribution in [-0.2, 0) is 6.54 Å². The predicted octanol–water partition coefficient (Wildman–Crippen LogP) is 2.12. The van der Waals surface area contributed by atoms with Gasteiger partial charge in [0.05, 0.1) is 0 Å². The van der Waals surface area contributed by atoms with Crippen LogP contribution < -0.4 is 10.6 Å². The zero-order valence-electron chi connectivity index (χ0n) is 10.4. The van der Waals surface area contributed by atoms with Crippen LogP contribution in [0.4, 0.5) is 0 Å². The molecule has 0 unspecified atom stereocenters. The van der Waals surface area contributed by atoms with Crippen LogP contribution in [0.1, 0.15) is 18.4 Å². The predicted molar refractivity (Wildman–Crippen MR) is 74.7 cm³/mol. The van der Waals surface area contributed by atoms with Crippen LogP contribution in [0, 0.1) is 0 Å². The molecule has 4 nitrogen and oxygen atoms in total. The summed E-state index contributed by atoms with van der Waals surface area (Å²) in [6.07, 6.45) is 8.26. The van der Waals surface area contributed by atoms with Gasteiger partial charge < -0.3 is 10.6 Å². The fourth-order valence-electron chi connectivity index (χ4n) is 1.82. The lowest BCUT2D eigenvalue weighted by molar-refractivity contribution is 0.633. The molecule has 1 aromatic heterocycles. The molecule has 5 heteroatoms. The third-order valence-electron chi connectivity index (χ3n) is 2.82. The number of rotatable bonds is 3. The standard InChI is InChI=1S/C13H17ClN4/c1-15-13(18-11-4-2-3-5-11)17-9-10-6-7-12(14)16-8-10/h2-3,6-8,11H,4-5,9H2,1H3,(H2,15,17,18). The van der Waals surface area contributed by atoms with E-state index in [1.807, 2.05) is 6.07 Å². The summed E-state index contributed by atoms with van der Waals surface area (Å²) in [5.74, 6) is 0.818. The number of hydrogen-bond donors (Lipinski definition) is 2. The van der Waals surface area contributed by atoms with E-state index in [1.54, 1.807) is 19.3 Å². The first-order valence-electron chi connectivity index (χ1n) is 6.00. The third kappa shape index (κ3) is 3.74. The molecule has 1 aliphatic carbocycles. The molecule has 1 aliphatic rings. The summed E-state index contributed by atoms with van der Waals surface area (Å²) in [7, 11) is 1.78. The van der Waals surface area contributed by atoms with Crippen molar-refractivity contribution in [3.63, 3.8) is 0 Å². The van der Waals surface area contributed by atoms with Gasteiger partial charge in [0.15, 0.2) is 5.96 Å². The molecular formula is C13H17ClN4. The topological polar surface area (TPSA) is 49.3 Å². The average Bonchev–Trinajstić information content (AvgIpc) is 2.89. The molecule has 0 spiro atoms. The van der Waals surface area contributed by atoms with E-state index in [9.17, 15) is 0 Å². The number of pyridine rings is 1. The van der Waals surface area contributed by atoms with E-state index in [1.165, 1.54) is 0 Å². The second-order valence-corrected chi connectivity index (χ2v) is 4.59. The molecule has 2 rings (SSSR count). The van der Waals surface area contributed by atoms with Gasteiger partial charge in [-0.25, -0.2) is 4.98 Å². The molecule has 1 heterocycles. The lowest BCUT2D eigenvalue weighted by Gasteiger charge is -2.16. The number of guanidine groups is 1. The van der Waals surface area contributed by atoms with Crippen molar-refractivity contribution in [2.24, 2.45) is 4.99 Å². The Labute approximate surface area is 112 Å². The van der Waals surface area contributed by atoms with Crippen molar-refractivity contribution in [2.45, 2.75) is 25.4 Å². The monoisotopic (exact) mass is 264 g/mol. The van der Waals surface area contributed by atoms with Crippen LogP contribution in [0.15, 0.2) is 35.5 Å². The first-order valence-corrected chi connectivity index (χ1v) is 6.38. The highest BCUT2D eigenvalue weighted by molar-refractivity contribution is 6.29. The van der Waals surface area contributed by atoms with Crippen molar-refractivity contribution in [3.8, 4) is 0 Å². The Morgan fingerprint density at radius 2 is 2.22 bits per heavy atom. The molecule has 0 radical (unpaired) electrons. The number of halogens is 1.